The van der Waals surface area contributed by atoms with E-state index in [0.717, 1.165) is 37.1 Å². The monoisotopic (exact) mass is 377 g/mol. The van der Waals surface area contributed by atoms with Gasteiger partial charge in [0.05, 0.1) is 6.04 Å². The first-order valence-corrected chi connectivity index (χ1v) is 10.3. The van der Waals surface area contributed by atoms with Crippen molar-refractivity contribution >= 4 is 17.2 Å². The predicted molar refractivity (Wildman–Crippen MR) is 109 cm³/mol. The molecule has 0 spiro atoms. The van der Waals surface area contributed by atoms with Crippen LogP contribution in [0.4, 0.5) is 0 Å². The molecule has 1 fully saturated rings. The minimum atomic E-state index is 0.0698. The molecule has 3 nitrogen and oxygen atoms in total. The molecule has 27 heavy (non-hydrogen) atoms. The number of carbonyl (C=O) groups is 1. The molecule has 138 valence electrons. The first-order chi connectivity index (χ1) is 13.3. The molecule has 1 atom stereocenters. The molecule has 2 aromatic carbocycles. The maximum Gasteiger partial charge on any atom is 0.261 e. The Bertz CT molecular complexity index is 876. The van der Waals surface area contributed by atoms with E-state index in [1.54, 1.807) is 11.3 Å². The second-order valence-corrected chi connectivity index (χ2v) is 7.80. The van der Waals surface area contributed by atoms with Gasteiger partial charge in [0.2, 0.25) is 0 Å². The van der Waals surface area contributed by atoms with Gasteiger partial charge in [0.25, 0.3) is 5.91 Å². The lowest BCUT2D eigenvalue weighted by Crippen LogP contribution is -2.34. The Morgan fingerprint density at radius 2 is 1.85 bits per heavy atom. The Morgan fingerprint density at radius 1 is 1.04 bits per heavy atom. The molecular formula is C23H23NO2S. The minimum absolute atomic E-state index is 0.0698. The number of para-hydroxylation sites is 1. The molecule has 3 aromatic rings. The smallest absolute Gasteiger partial charge is 0.261 e. The normalized spacial score (nSPS) is 16.4. The Kier molecular flexibility index (Phi) is 5.54. The average Bonchev–Trinajstić information content (AvgIpc) is 3.39. The highest BCUT2D eigenvalue weighted by Gasteiger charge is 2.30. The highest BCUT2D eigenvalue weighted by atomic mass is 32.1. The van der Waals surface area contributed by atoms with Gasteiger partial charge in [-0.3, -0.25) is 4.79 Å². The molecule has 1 aliphatic rings. The van der Waals surface area contributed by atoms with Gasteiger partial charge >= 0.3 is 0 Å². The number of ether oxygens (including phenoxy) is 1. The highest BCUT2D eigenvalue weighted by molar-refractivity contribution is 7.10. The van der Waals surface area contributed by atoms with Crippen LogP contribution in [0.5, 0.6) is 5.75 Å². The number of hydrogen-bond donors (Lipinski definition) is 0. The largest absolute Gasteiger partial charge is 0.483 e. The summed E-state index contributed by atoms with van der Waals surface area (Å²) >= 11 is 1.72. The van der Waals surface area contributed by atoms with Gasteiger partial charge in [-0.25, -0.2) is 0 Å². The standard InChI is InChI=1S/C23H23NO2S/c25-23(24-14-6-11-20(24)22-13-7-15-27-22)17-26-21-12-5-4-10-19(21)16-18-8-2-1-3-9-18/h1-5,7-10,12-13,15,20H,6,11,14,16-17H2. The lowest BCUT2D eigenvalue weighted by molar-refractivity contribution is -0.134. The van der Waals surface area contributed by atoms with E-state index < -0.39 is 0 Å². The van der Waals surface area contributed by atoms with Gasteiger partial charge in [-0.15, -0.1) is 11.3 Å². The molecule has 0 aliphatic carbocycles. The van der Waals surface area contributed by atoms with Crippen LogP contribution < -0.4 is 4.74 Å². The third-order valence-corrected chi connectivity index (χ3v) is 5.98. The van der Waals surface area contributed by atoms with Gasteiger partial charge in [0.1, 0.15) is 5.75 Å². The topological polar surface area (TPSA) is 29.5 Å². The Labute approximate surface area is 164 Å². The molecule has 2 heterocycles. The summed E-state index contributed by atoms with van der Waals surface area (Å²) in [5.41, 5.74) is 2.34. The zero-order valence-corrected chi connectivity index (χ0v) is 16.0. The molecule has 0 radical (unpaired) electrons. The van der Waals surface area contributed by atoms with E-state index in [2.05, 4.69) is 35.7 Å². The Hall–Kier alpha value is -2.59. The highest BCUT2D eigenvalue weighted by Crippen LogP contribution is 2.34. The zero-order valence-electron chi connectivity index (χ0n) is 15.2. The van der Waals surface area contributed by atoms with E-state index >= 15 is 0 Å². The van der Waals surface area contributed by atoms with Crippen molar-refractivity contribution in [1.29, 1.82) is 0 Å². The van der Waals surface area contributed by atoms with Crippen molar-refractivity contribution in [3.8, 4) is 5.75 Å². The molecule has 4 heteroatoms. The molecule has 1 aliphatic heterocycles. The number of rotatable bonds is 6. The second-order valence-electron chi connectivity index (χ2n) is 6.82. The van der Waals surface area contributed by atoms with E-state index in [4.69, 9.17) is 4.74 Å². The van der Waals surface area contributed by atoms with Crippen LogP contribution in [0.2, 0.25) is 0 Å². The third kappa shape index (κ3) is 4.22. The van der Waals surface area contributed by atoms with Crippen molar-refractivity contribution < 1.29 is 9.53 Å². The van der Waals surface area contributed by atoms with Crippen LogP contribution in [0.25, 0.3) is 0 Å². The fourth-order valence-electron chi connectivity index (χ4n) is 3.67. The lowest BCUT2D eigenvalue weighted by atomic mass is 10.0. The maximum absolute atomic E-state index is 12.8. The lowest BCUT2D eigenvalue weighted by Gasteiger charge is -2.24. The average molecular weight is 378 g/mol. The van der Waals surface area contributed by atoms with E-state index in [1.165, 1.54) is 10.4 Å². The molecule has 1 aromatic heterocycles. The molecule has 1 unspecified atom stereocenters. The van der Waals surface area contributed by atoms with Gasteiger partial charge in [-0.2, -0.15) is 0 Å². The SMILES string of the molecule is O=C(COc1ccccc1Cc1ccccc1)N1CCCC1c1cccs1. The number of hydrogen-bond acceptors (Lipinski definition) is 3. The van der Waals surface area contributed by atoms with Crippen LogP contribution >= 0.6 is 11.3 Å². The molecule has 0 saturated carbocycles. The van der Waals surface area contributed by atoms with Gasteiger partial charge in [0, 0.05) is 17.8 Å². The third-order valence-electron chi connectivity index (χ3n) is 5.01. The van der Waals surface area contributed by atoms with Crippen LogP contribution in [0.15, 0.2) is 72.1 Å². The van der Waals surface area contributed by atoms with Crippen molar-refractivity contribution in [3.05, 3.63) is 88.1 Å². The number of thiophene rings is 1. The first kappa shape index (κ1) is 17.8. The summed E-state index contributed by atoms with van der Waals surface area (Å²) < 4.78 is 5.96. The summed E-state index contributed by atoms with van der Waals surface area (Å²) in [6, 6.07) is 22.7. The Balaban J connectivity index is 1.42. The summed E-state index contributed by atoms with van der Waals surface area (Å²) in [4.78, 5) is 16.0. The van der Waals surface area contributed by atoms with Crippen molar-refractivity contribution in [1.82, 2.24) is 4.90 Å². The van der Waals surface area contributed by atoms with E-state index in [-0.39, 0.29) is 18.6 Å². The van der Waals surface area contributed by atoms with Crippen molar-refractivity contribution in [2.75, 3.05) is 13.2 Å². The molecule has 1 amide bonds. The molecule has 1 saturated heterocycles. The van der Waals surface area contributed by atoms with Gasteiger partial charge in [0.15, 0.2) is 6.61 Å². The van der Waals surface area contributed by atoms with Crippen LogP contribution in [-0.2, 0) is 11.2 Å². The van der Waals surface area contributed by atoms with E-state index in [9.17, 15) is 4.79 Å². The van der Waals surface area contributed by atoms with Crippen molar-refractivity contribution in [2.45, 2.75) is 25.3 Å². The fraction of sp³-hybridized carbons (Fsp3) is 0.261. The summed E-state index contributed by atoms with van der Waals surface area (Å²) in [6.45, 7) is 0.907. The zero-order chi connectivity index (χ0) is 18.5. The van der Waals surface area contributed by atoms with Gasteiger partial charge in [-0.1, -0.05) is 54.6 Å². The van der Waals surface area contributed by atoms with E-state index in [0.29, 0.717) is 0 Å². The summed E-state index contributed by atoms with van der Waals surface area (Å²) in [5.74, 6) is 0.863. The van der Waals surface area contributed by atoms with Crippen molar-refractivity contribution in [3.63, 3.8) is 0 Å². The summed E-state index contributed by atoms with van der Waals surface area (Å²) in [7, 11) is 0. The van der Waals surface area contributed by atoms with E-state index in [1.807, 2.05) is 41.3 Å². The van der Waals surface area contributed by atoms with Gasteiger partial charge in [-0.05, 0) is 41.5 Å². The number of nitrogens with zero attached hydrogens (tertiary/aromatic N) is 1. The quantitative estimate of drug-likeness (QED) is 0.599. The number of benzene rings is 2. The molecular weight excluding hydrogens is 354 g/mol. The second kappa shape index (κ2) is 8.40. The van der Waals surface area contributed by atoms with Crippen LogP contribution in [-0.4, -0.2) is 24.0 Å². The van der Waals surface area contributed by atoms with Crippen LogP contribution in [0.1, 0.15) is 34.9 Å². The van der Waals surface area contributed by atoms with Crippen LogP contribution in [0.3, 0.4) is 0 Å². The van der Waals surface area contributed by atoms with Crippen LogP contribution in [0, 0.1) is 0 Å². The molecule has 0 bridgehead atoms. The predicted octanol–water partition coefficient (Wildman–Crippen LogP) is 5.08. The molecule has 4 rings (SSSR count). The number of amides is 1. The Morgan fingerprint density at radius 3 is 2.67 bits per heavy atom. The number of carbonyl (C=O) groups excluding carboxylic acids is 1. The fourth-order valence-corrected chi connectivity index (χ4v) is 4.54. The minimum Gasteiger partial charge on any atom is -0.483 e. The van der Waals surface area contributed by atoms with Gasteiger partial charge < -0.3 is 9.64 Å². The summed E-state index contributed by atoms with van der Waals surface area (Å²) in [6.07, 6.45) is 2.89. The van der Waals surface area contributed by atoms with Crippen molar-refractivity contribution in [2.24, 2.45) is 0 Å². The summed E-state index contributed by atoms with van der Waals surface area (Å²) in [5, 5.41) is 2.08. The maximum atomic E-state index is 12.8. The first-order valence-electron chi connectivity index (χ1n) is 9.39. The molecule has 0 N–H and O–H groups in total. The number of likely N-dealkylation sites (tertiary alicyclic amines) is 1.